The highest BCUT2D eigenvalue weighted by molar-refractivity contribution is 5.81. The van der Waals surface area contributed by atoms with Crippen LogP contribution in [0.1, 0.15) is 12.5 Å². The number of methoxy groups -OCH3 is 2. The van der Waals surface area contributed by atoms with Gasteiger partial charge >= 0.3 is 0 Å². The van der Waals surface area contributed by atoms with E-state index in [1.807, 2.05) is 66.4 Å². The van der Waals surface area contributed by atoms with Gasteiger partial charge in [-0.05, 0) is 67.9 Å². The Morgan fingerprint density at radius 2 is 1.62 bits per heavy atom. The molecule has 1 aromatic heterocycles. The molecule has 3 aromatic rings. The molecule has 8 heteroatoms. The molecular formula is C26H30N4O4. The number of rotatable bonds is 7. The molecular weight excluding hydrogens is 432 g/mol. The predicted octanol–water partition coefficient (Wildman–Crippen LogP) is 3.59. The predicted molar refractivity (Wildman–Crippen MR) is 131 cm³/mol. The molecule has 8 nitrogen and oxygen atoms in total. The summed E-state index contributed by atoms with van der Waals surface area (Å²) in [5.74, 6) is 2.76. The molecule has 0 spiro atoms. The second-order valence-corrected chi connectivity index (χ2v) is 8.23. The first-order valence-electron chi connectivity index (χ1n) is 11.3. The number of amides is 1. The fourth-order valence-electron chi connectivity index (χ4n) is 3.94. The fourth-order valence-corrected chi connectivity index (χ4v) is 3.94. The maximum atomic E-state index is 13.0. The van der Waals surface area contributed by atoms with Crippen molar-refractivity contribution in [2.45, 2.75) is 20.0 Å². The summed E-state index contributed by atoms with van der Waals surface area (Å²) in [6, 6.07) is 17.3. The molecule has 0 saturated carbocycles. The van der Waals surface area contributed by atoms with Crippen LogP contribution in [0.5, 0.6) is 17.2 Å². The second kappa shape index (κ2) is 10.4. The number of anilines is 1. The number of hydrogen-bond donors (Lipinski definition) is 0. The minimum Gasteiger partial charge on any atom is -0.497 e. The zero-order valence-electron chi connectivity index (χ0n) is 20.0. The average molecular weight is 463 g/mol. The van der Waals surface area contributed by atoms with Crippen molar-refractivity contribution in [3.8, 4) is 28.5 Å². The molecule has 1 aliphatic rings. The number of ether oxygens (including phenoxy) is 3. The molecule has 178 valence electrons. The molecule has 0 radical (unpaired) electrons. The Labute approximate surface area is 200 Å². The lowest BCUT2D eigenvalue weighted by molar-refractivity contribution is -0.138. The van der Waals surface area contributed by atoms with Gasteiger partial charge in [-0.15, -0.1) is 10.2 Å². The molecule has 0 N–H and O–H groups in total. The van der Waals surface area contributed by atoms with Crippen molar-refractivity contribution < 1.29 is 19.0 Å². The first-order valence-corrected chi connectivity index (χ1v) is 11.3. The standard InChI is InChI=1S/C26H30N4O4/c1-18-5-11-23(24(17-18)33-4)34-19(2)26(31)30-15-13-29(14-16-30)25-12-10-22(27-28-25)20-6-8-21(32-3)9-7-20/h5-12,17,19H,13-16H2,1-4H3. The van der Waals surface area contributed by atoms with Gasteiger partial charge in [0.25, 0.3) is 5.91 Å². The zero-order valence-corrected chi connectivity index (χ0v) is 20.0. The Hall–Kier alpha value is -3.81. The van der Waals surface area contributed by atoms with E-state index in [0.717, 1.165) is 28.4 Å². The zero-order chi connectivity index (χ0) is 24.1. The van der Waals surface area contributed by atoms with Gasteiger partial charge in [-0.25, -0.2) is 0 Å². The third kappa shape index (κ3) is 5.22. The summed E-state index contributed by atoms with van der Waals surface area (Å²) in [6.45, 7) is 6.32. The third-order valence-electron chi connectivity index (χ3n) is 5.92. The molecule has 0 aliphatic carbocycles. The maximum Gasteiger partial charge on any atom is 0.263 e. The highest BCUT2D eigenvalue weighted by Crippen LogP contribution is 2.29. The number of aromatic nitrogens is 2. The molecule has 1 amide bonds. The van der Waals surface area contributed by atoms with E-state index in [9.17, 15) is 4.79 Å². The molecule has 1 unspecified atom stereocenters. The van der Waals surface area contributed by atoms with Gasteiger partial charge in [0, 0.05) is 31.7 Å². The Kier molecular flexibility index (Phi) is 7.15. The van der Waals surface area contributed by atoms with Crippen LogP contribution < -0.4 is 19.1 Å². The van der Waals surface area contributed by atoms with E-state index in [-0.39, 0.29) is 5.91 Å². The largest absolute Gasteiger partial charge is 0.497 e. The van der Waals surface area contributed by atoms with Crippen molar-refractivity contribution in [1.29, 1.82) is 0 Å². The van der Waals surface area contributed by atoms with Crippen LogP contribution in [-0.4, -0.2) is 67.5 Å². The van der Waals surface area contributed by atoms with Gasteiger partial charge in [-0.3, -0.25) is 4.79 Å². The van der Waals surface area contributed by atoms with Crippen molar-refractivity contribution >= 4 is 11.7 Å². The molecule has 1 saturated heterocycles. The molecule has 4 rings (SSSR count). The molecule has 34 heavy (non-hydrogen) atoms. The Morgan fingerprint density at radius 3 is 2.24 bits per heavy atom. The smallest absolute Gasteiger partial charge is 0.263 e. The molecule has 2 aromatic carbocycles. The van der Waals surface area contributed by atoms with Crippen LogP contribution in [0.3, 0.4) is 0 Å². The second-order valence-electron chi connectivity index (χ2n) is 8.23. The number of benzene rings is 2. The van der Waals surface area contributed by atoms with Crippen molar-refractivity contribution in [2.24, 2.45) is 0 Å². The highest BCUT2D eigenvalue weighted by Gasteiger charge is 2.27. The van der Waals surface area contributed by atoms with Crippen LogP contribution in [0.25, 0.3) is 11.3 Å². The van der Waals surface area contributed by atoms with Gasteiger partial charge in [0.05, 0.1) is 19.9 Å². The summed E-state index contributed by atoms with van der Waals surface area (Å²) in [5.41, 5.74) is 2.85. The van der Waals surface area contributed by atoms with E-state index in [1.165, 1.54) is 0 Å². The van der Waals surface area contributed by atoms with Crippen LogP contribution in [0.4, 0.5) is 5.82 Å². The summed E-state index contributed by atoms with van der Waals surface area (Å²) < 4.78 is 16.5. The summed E-state index contributed by atoms with van der Waals surface area (Å²) in [6.07, 6.45) is -0.605. The maximum absolute atomic E-state index is 13.0. The molecule has 1 aliphatic heterocycles. The quantitative estimate of drug-likeness (QED) is 0.531. The van der Waals surface area contributed by atoms with Crippen molar-refractivity contribution in [1.82, 2.24) is 15.1 Å². The summed E-state index contributed by atoms with van der Waals surface area (Å²) in [4.78, 5) is 16.9. The van der Waals surface area contributed by atoms with Gasteiger partial charge in [0.2, 0.25) is 0 Å². The molecule has 1 fully saturated rings. The van der Waals surface area contributed by atoms with Gasteiger partial charge in [-0.1, -0.05) is 6.07 Å². The van der Waals surface area contributed by atoms with E-state index in [1.54, 1.807) is 21.1 Å². The number of carbonyl (C=O) groups excluding carboxylic acids is 1. The highest BCUT2D eigenvalue weighted by atomic mass is 16.5. The normalized spacial score (nSPS) is 14.5. The Balaban J connectivity index is 1.33. The molecule has 2 heterocycles. The van der Waals surface area contributed by atoms with Crippen LogP contribution in [0, 0.1) is 6.92 Å². The first-order chi connectivity index (χ1) is 16.5. The molecule has 0 bridgehead atoms. The summed E-state index contributed by atoms with van der Waals surface area (Å²) in [7, 11) is 3.24. The average Bonchev–Trinajstić information content (AvgIpc) is 2.89. The summed E-state index contributed by atoms with van der Waals surface area (Å²) in [5, 5.41) is 8.80. The van der Waals surface area contributed by atoms with Gasteiger partial charge in [-0.2, -0.15) is 0 Å². The minimum absolute atomic E-state index is 0.0387. The topological polar surface area (TPSA) is 77.0 Å². The number of nitrogens with zero attached hydrogens (tertiary/aromatic N) is 4. The minimum atomic E-state index is -0.605. The van der Waals surface area contributed by atoms with Crippen molar-refractivity contribution in [2.75, 3.05) is 45.3 Å². The Bertz CT molecular complexity index is 1110. The van der Waals surface area contributed by atoms with Gasteiger partial charge in [0.1, 0.15) is 5.75 Å². The van der Waals surface area contributed by atoms with E-state index >= 15 is 0 Å². The van der Waals surface area contributed by atoms with E-state index in [2.05, 4.69) is 15.1 Å². The fraction of sp³-hybridized carbons (Fsp3) is 0.346. The number of aryl methyl sites for hydroxylation is 1. The lowest BCUT2D eigenvalue weighted by Gasteiger charge is -2.36. The molecule has 1 atom stereocenters. The third-order valence-corrected chi connectivity index (χ3v) is 5.92. The van der Waals surface area contributed by atoms with Crippen LogP contribution in [-0.2, 0) is 4.79 Å². The van der Waals surface area contributed by atoms with Crippen LogP contribution in [0.2, 0.25) is 0 Å². The van der Waals surface area contributed by atoms with Crippen LogP contribution >= 0.6 is 0 Å². The van der Waals surface area contributed by atoms with Crippen LogP contribution in [0.15, 0.2) is 54.6 Å². The van der Waals surface area contributed by atoms with E-state index < -0.39 is 6.10 Å². The van der Waals surface area contributed by atoms with Gasteiger partial charge in [0.15, 0.2) is 23.4 Å². The number of hydrogen-bond acceptors (Lipinski definition) is 7. The lowest BCUT2D eigenvalue weighted by Crippen LogP contribution is -2.52. The number of piperazine rings is 1. The summed E-state index contributed by atoms with van der Waals surface area (Å²) >= 11 is 0. The number of carbonyl (C=O) groups is 1. The van der Waals surface area contributed by atoms with Crippen molar-refractivity contribution in [3.05, 3.63) is 60.2 Å². The van der Waals surface area contributed by atoms with Crippen molar-refractivity contribution in [3.63, 3.8) is 0 Å². The monoisotopic (exact) mass is 462 g/mol. The lowest BCUT2D eigenvalue weighted by atomic mass is 10.1. The van der Waals surface area contributed by atoms with Gasteiger partial charge < -0.3 is 24.0 Å². The Morgan fingerprint density at radius 1 is 0.882 bits per heavy atom. The SMILES string of the molecule is COc1ccc(-c2ccc(N3CCN(C(=O)C(C)Oc4ccc(C)cc4OC)CC3)nn2)cc1. The van der Waals surface area contributed by atoms with E-state index in [4.69, 9.17) is 14.2 Å². The first kappa shape index (κ1) is 23.4. The van der Waals surface area contributed by atoms with E-state index in [0.29, 0.717) is 37.7 Å².